The monoisotopic (exact) mass is 412 g/mol. The summed E-state index contributed by atoms with van der Waals surface area (Å²) in [6, 6.07) is 7.79. The molecule has 4 aliphatic rings. The molecule has 2 aromatic rings. The summed E-state index contributed by atoms with van der Waals surface area (Å²) in [6.07, 6.45) is 7.79. The fourth-order valence-electron chi connectivity index (χ4n) is 6.02. The van der Waals surface area contributed by atoms with Gasteiger partial charge in [0.1, 0.15) is 0 Å². The van der Waals surface area contributed by atoms with Crippen LogP contribution in [0.1, 0.15) is 44.4 Å². The molecule has 29 heavy (non-hydrogen) atoms. The van der Waals surface area contributed by atoms with E-state index in [2.05, 4.69) is 15.5 Å². The lowest BCUT2D eigenvalue weighted by Gasteiger charge is -2.55. The number of aromatic nitrogens is 2. The first-order valence-electron chi connectivity index (χ1n) is 10.5. The normalized spacial score (nSPS) is 29.8. The van der Waals surface area contributed by atoms with E-state index in [9.17, 15) is 4.79 Å². The number of benzene rings is 1. The zero-order chi connectivity index (χ0) is 20.0. The Bertz CT molecular complexity index is 857. The first-order chi connectivity index (χ1) is 14.0. The van der Waals surface area contributed by atoms with Crippen molar-refractivity contribution in [3.05, 3.63) is 30.2 Å². The maximum absolute atomic E-state index is 12.3. The molecule has 1 aromatic heterocycles. The van der Waals surface area contributed by atoms with Crippen LogP contribution in [-0.2, 0) is 10.2 Å². The summed E-state index contributed by atoms with van der Waals surface area (Å²) in [5.74, 6) is 3.54. The highest BCUT2D eigenvalue weighted by Gasteiger charge is 2.54. The van der Waals surface area contributed by atoms with Gasteiger partial charge in [0, 0.05) is 30.9 Å². The van der Waals surface area contributed by atoms with Gasteiger partial charge in [-0.1, -0.05) is 11.8 Å². The highest BCUT2D eigenvalue weighted by atomic mass is 32.2. The summed E-state index contributed by atoms with van der Waals surface area (Å²) in [6.45, 7) is 0. The van der Waals surface area contributed by atoms with Crippen LogP contribution in [0.4, 0.5) is 11.4 Å². The van der Waals surface area contributed by atoms with E-state index >= 15 is 0 Å². The van der Waals surface area contributed by atoms with Crippen LogP contribution in [0.3, 0.4) is 0 Å². The molecule has 154 valence electrons. The van der Waals surface area contributed by atoms with E-state index in [1.54, 1.807) is 0 Å². The van der Waals surface area contributed by atoms with Crippen molar-refractivity contribution in [1.29, 1.82) is 0 Å². The number of anilines is 2. The zero-order valence-corrected chi connectivity index (χ0v) is 17.9. The number of thioether (sulfide) groups is 1. The van der Waals surface area contributed by atoms with Crippen molar-refractivity contribution in [2.45, 2.75) is 49.2 Å². The van der Waals surface area contributed by atoms with Crippen molar-refractivity contribution in [3.8, 4) is 0 Å². The number of nitrogens with one attached hydrogen (secondary N) is 1. The largest absolute Gasteiger partial charge is 0.415 e. The van der Waals surface area contributed by atoms with Crippen molar-refractivity contribution in [1.82, 2.24) is 10.2 Å². The number of hydrogen-bond donors (Lipinski definition) is 1. The van der Waals surface area contributed by atoms with Crippen LogP contribution >= 0.6 is 11.8 Å². The Balaban J connectivity index is 1.18. The Kier molecular flexibility index (Phi) is 4.81. The highest BCUT2D eigenvalue weighted by Crippen LogP contribution is 2.60. The second kappa shape index (κ2) is 7.35. The predicted molar refractivity (Wildman–Crippen MR) is 114 cm³/mol. The Labute approximate surface area is 175 Å². The molecule has 7 heteroatoms. The van der Waals surface area contributed by atoms with E-state index < -0.39 is 0 Å². The van der Waals surface area contributed by atoms with Crippen LogP contribution in [0.25, 0.3) is 0 Å². The van der Waals surface area contributed by atoms with Gasteiger partial charge in [0.15, 0.2) is 0 Å². The van der Waals surface area contributed by atoms with Crippen molar-refractivity contribution in [2.24, 2.45) is 17.8 Å². The summed E-state index contributed by atoms with van der Waals surface area (Å²) >= 11 is 1.32. The third-order valence-electron chi connectivity index (χ3n) is 6.89. The molecular weight excluding hydrogens is 384 g/mol. The number of rotatable bonds is 6. The molecule has 0 atom stereocenters. The second-order valence-corrected chi connectivity index (χ2v) is 10.3. The minimum atomic E-state index is -0.0674. The van der Waals surface area contributed by atoms with Crippen LogP contribution < -0.4 is 10.2 Å². The van der Waals surface area contributed by atoms with Crippen LogP contribution in [0.5, 0.6) is 0 Å². The molecule has 1 heterocycles. The SMILES string of the molecule is CN(C)c1ccc(NC(=O)CSc2nnc(C34CC5CC(CC(C5)C3)C4)o2)cc1. The molecule has 0 unspecified atom stereocenters. The fraction of sp³-hybridized carbons (Fsp3) is 0.591. The predicted octanol–water partition coefficient (Wildman–Crippen LogP) is 4.33. The van der Waals surface area contributed by atoms with Crippen LogP contribution in [0.15, 0.2) is 33.9 Å². The molecule has 0 saturated heterocycles. The van der Waals surface area contributed by atoms with Gasteiger partial charge < -0.3 is 14.6 Å². The standard InChI is InChI=1S/C22H28N4O2S/c1-26(2)18-5-3-17(4-6-18)23-19(27)13-29-21-25-24-20(28-21)22-10-14-7-15(11-22)9-16(8-14)12-22/h3-6,14-16H,7-13H2,1-2H3,(H,23,27). The maximum atomic E-state index is 12.3. The van der Waals surface area contributed by atoms with E-state index in [1.807, 2.05) is 43.3 Å². The molecule has 1 aromatic carbocycles. The molecule has 4 aliphatic carbocycles. The molecule has 0 radical (unpaired) electrons. The number of amides is 1. The van der Waals surface area contributed by atoms with Crippen molar-refractivity contribution in [3.63, 3.8) is 0 Å². The van der Waals surface area contributed by atoms with E-state index in [0.717, 1.165) is 35.0 Å². The molecular formula is C22H28N4O2S. The third-order valence-corrected chi connectivity index (χ3v) is 7.71. The number of carbonyl (C=O) groups excluding carboxylic acids is 1. The Morgan fingerprint density at radius 2 is 1.72 bits per heavy atom. The first-order valence-corrected chi connectivity index (χ1v) is 11.5. The van der Waals surface area contributed by atoms with Gasteiger partial charge in [-0.2, -0.15) is 0 Å². The molecule has 0 spiro atoms. The maximum Gasteiger partial charge on any atom is 0.277 e. The molecule has 1 amide bonds. The third kappa shape index (κ3) is 3.77. The molecule has 4 bridgehead atoms. The lowest BCUT2D eigenvalue weighted by Crippen LogP contribution is -2.48. The second-order valence-electron chi connectivity index (χ2n) is 9.35. The molecule has 4 saturated carbocycles. The fourth-order valence-corrected chi connectivity index (χ4v) is 6.59. The molecule has 1 N–H and O–H groups in total. The van der Waals surface area contributed by atoms with E-state index in [4.69, 9.17) is 4.42 Å². The summed E-state index contributed by atoms with van der Waals surface area (Å²) in [5.41, 5.74) is 2.00. The number of carbonyl (C=O) groups is 1. The highest BCUT2D eigenvalue weighted by molar-refractivity contribution is 7.99. The number of nitrogens with zero attached hydrogens (tertiary/aromatic N) is 3. The Morgan fingerprint density at radius 3 is 2.31 bits per heavy atom. The Morgan fingerprint density at radius 1 is 1.10 bits per heavy atom. The Hall–Kier alpha value is -2.02. The lowest BCUT2D eigenvalue weighted by molar-refractivity contribution is -0.113. The van der Waals surface area contributed by atoms with Gasteiger partial charge in [-0.15, -0.1) is 10.2 Å². The van der Waals surface area contributed by atoms with Gasteiger partial charge in [0.25, 0.3) is 5.22 Å². The minimum Gasteiger partial charge on any atom is -0.415 e. The summed E-state index contributed by atoms with van der Waals surface area (Å²) < 4.78 is 6.07. The summed E-state index contributed by atoms with van der Waals surface area (Å²) in [7, 11) is 3.98. The van der Waals surface area contributed by atoms with Gasteiger partial charge in [-0.05, 0) is 80.5 Å². The zero-order valence-electron chi connectivity index (χ0n) is 17.1. The van der Waals surface area contributed by atoms with Gasteiger partial charge >= 0.3 is 0 Å². The lowest BCUT2D eigenvalue weighted by atomic mass is 9.49. The topological polar surface area (TPSA) is 71.3 Å². The summed E-state index contributed by atoms with van der Waals surface area (Å²) in [4.78, 5) is 14.3. The van der Waals surface area contributed by atoms with Crippen LogP contribution in [-0.4, -0.2) is 36.0 Å². The van der Waals surface area contributed by atoms with Crippen molar-refractivity contribution >= 4 is 29.0 Å². The molecule has 4 fully saturated rings. The van der Waals surface area contributed by atoms with Gasteiger partial charge in [-0.3, -0.25) is 4.79 Å². The molecule has 6 rings (SSSR count). The van der Waals surface area contributed by atoms with Crippen molar-refractivity contribution < 1.29 is 9.21 Å². The number of hydrogen-bond acceptors (Lipinski definition) is 6. The molecule has 6 nitrogen and oxygen atoms in total. The van der Waals surface area contributed by atoms with Crippen molar-refractivity contribution in [2.75, 3.05) is 30.1 Å². The van der Waals surface area contributed by atoms with Gasteiger partial charge in [-0.25, -0.2) is 0 Å². The minimum absolute atomic E-state index is 0.0674. The first kappa shape index (κ1) is 19.0. The quantitative estimate of drug-likeness (QED) is 0.712. The van der Waals surface area contributed by atoms with E-state index in [0.29, 0.717) is 5.22 Å². The molecule has 0 aliphatic heterocycles. The van der Waals surface area contributed by atoms with E-state index in [1.165, 1.54) is 50.3 Å². The summed E-state index contributed by atoms with van der Waals surface area (Å²) in [5, 5.41) is 12.1. The van der Waals surface area contributed by atoms with E-state index in [-0.39, 0.29) is 17.1 Å². The van der Waals surface area contributed by atoms with Crippen LogP contribution in [0, 0.1) is 17.8 Å². The van der Waals surface area contributed by atoms with Crippen LogP contribution in [0.2, 0.25) is 0 Å². The smallest absolute Gasteiger partial charge is 0.277 e. The average Bonchev–Trinajstić information content (AvgIpc) is 3.16. The van der Waals surface area contributed by atoms with Gasteiger partial charge in [0.05, 0.1) is 5.75 Å². The van der Waals surface area contributed by atoms with Gasteiger partial charge in [0.2, 0.25) is 11.8 Å². The average molecular weight is 413 g/mol.